The first kappa shape index (κ1) is 9.29. The van der Waals surface area contributed by atoms with Crippen LogP contribution in [-0.2, 0) is 6.54 Å². The molecule has 1 heterocycles. The van der Waals surface area contributed by atoms with Gasteiger partial charge < -0.3 is 15.0 Å². The third-order valence-corrected chi connectivity index (χ3v) is 1.80. The number of aliphatic hydroxyl groups excluding tert-OH is 1. The Hall–Kier alpha value is -0.800. The predicted octanol–water partition coefficient (Wildman–Crippen LogP) is 0.829. The summed E-state index contributed by atoms with van der Waals surface area (Å²) in [5.74, 6) is 0. The summed E-state index contributed by atoms with van der Waals surface area (Å²) in [5, 5.41) is 8.61. The van der Waals surface area contributed by atoms with Gasteiger partial charge in [-0.3, -0.25) is 0 Å². The molecule has 1 rings (SSSR count). The van der Waals surface area contributed by atoms with Gasteiger partial charge in [-0.2, -0.15) is 0 Å². The lowest BCUT2D eigenvalue weighted by Crippen LogP contribution is -2.19. The summed E-state index contributed by atoms with van der Waals surface area (Å²) in [5.41, 5.74) is 1.22. The van der Waals surface area contributed by atoms with Crippen molar-refractivity contribution in [1.29, 1.82) is 0 Å². The number of nitrogens with one attached hydrogen (secondary N) is 1. The first-order valence-electron chi connectivity index (χ1n) is 4.24. The Bertz CT molecular complexity index is 196. The molecule has 1 aromatic rings. The number of aliphatic hydroxyl groups is 1. The second kappa shape index (κ2) is 4.95. The number of aromatic amines is 1. The SMILES string of the molecule is CN(CCCO)Cc1ccc[nH]1. The molecule has 12 heavy (non-hydrogen) atoms. The monoisotopic (exact) mass is 168 g/mol. The second-order valence-corrected chi connectivity index (χ2v) is 3.01. The molecular formula is C9H16N2O. The Kier molecular flexibility index (Phi) is 3.84. The summed E-state index contributed by atoms with van der Waals surface area (Å²) in [4.78, 5) is 5.32. The molecule has 3 nitrogen and oxygen atoms in total. The Morgan fingerprint density at radius 2 is 2.42 bits per heavy atom. The van der Waals surface area contributed by atoms with Crippen molar-refractivity contribution >= 4 is 0 Å². The molecule has 68 valence electrons. The van der Waals surface area contributed by atoms with Gasteiger partial charge in [0.25, 0.3) is 0 Å². The number of hydrogen-bond acceptors (Lipinski definition) is 2. The molecule has 0 aliphatic rings. The van der Waals surface area contributed by atoms with Crippen molar-refractivity contribution in [3.05, 3.63) is 24.0 Å². The van der Waals surface area contributed by atoms with Crippen LogP contribution in [0.4, 0.5) is 0 Å². The summed E-state index contributed by atoms with van der Waals surface area (Å²) < 4.78 is 0. The largest absolute Gasteiger partial charge is 0.396 e. The van der Waals surface area contributed by atoms with E-state index in [4.69, 9.17) is 5.11 Å². The Morgan fingerprint density at radius 1 is 1.58 bits per heavy atom. The van der Waals surface area contributed by atoms with Gasteiger partial charge in [0.2, 0.25) is 0 Å². The molecule has 0 saturated heterocycles. The smallest absolute Gasteiger partial charge is 0.0443 e. The fourth-order valence-electron chi connectivity index (χ4n) is 1.18. The first-order valence-corrected chi connectivity index (χ1v) is 4.24. The molecule has 0 radical (unpaired) electrons. The highest BCUT2D eigenvalue weighted by molar-refractivity contribution is 5.02. The van der Waals surface area contributed by atoms with Crippen molar-refractivity contribution in [3.63, 3.8) is 0 Å². The van der Waals surface area contributed by atoms with Crippen LogP contribution in [0, 0.1) is 0 Å². The van der Waals surface area contributed by atoms with Gasteiger partial charge in [-0.05, 0) is 25.6 Å². The van der Waals surface area contributed by atoms with E-state index < -0.39 is 0 Å². The van der Waals surface area contributed by atoms with Crippen LogP contribution in [0.5, 0.6) is 0 Å². The van der Waals surface area contributed by atoms with E-state index in [1.54, 1.807) is 0 Å². The van der Waals surface area contributed by atoms with E-state index in [0.29, 0.717) is 0 Å². The zero-order valence-corrected chi connectivity index (χ0v) is 7.45. The normalized spacial score (nSPS) is 10.9. The Morgan fingerprint density at radius 3 is 3.00 bits per heavy atom. The molecule has 0 bridgehead atoms. The van der Waals surface area contributed by atoms with Gasteiger partial charge in [0.1, 0.15) is 0 Å². The molecular weight excluding hydrogens is 152 g/mol. The minimum absolute atomic E-state index is 0.273. The van der Waals surface area contributed by atoms with Crippen LogP contribution in [0.3, 0.4) is 0 Å². The summed E-state index contributed by atoms with van der Waals surface area (Å²) >= 11 is 0. The maximum Gasteiger partial charge on any atom is 0.0443 e. The average Bonchev–Trinajstić information content (AvgIpc) is 2.53. The van der Waals surface area contributed by atoms with Crippen molar-refractivity contribution < 1.29 is 5.11 Å². The van der Waals surface area contributed by atoms with Gasteiger partial charge in [0, 0.05) is 31.6 Å². The molecule has 0 spiro atoms. The highest BCUT2D eigenvalue weighted by Crippen LogP contribution is 1.99. The summed E-state index contributed by atoms with van der Waals surface area (Å²) in [7, 11) is 2.05. The summed E-state index contributed by atoms with van der Waals surface area (Å²) in [6.45, 7) is 2.14. The lowest BCUT2D eigenvalue weighted by Gasteiger charge is -2.14. The average molecular weight is 168 g/mol. The van der Waals surface area contributed by atoms with E-state index in [0.717, 1.165) is 19.5 Å². The Balaban J connectivity index is 2.22. The molecule has 0 fully saturated rings. The number of nitrogens with zero attached hydrogens (tertiary/aromatic N) is 1. The van der Waals surface area contributed by atoms with E-state index in [2.05, 4.69) is 23.0 Å². The van der Waals surface area contributed by atoms with E-state index in [9.17, 15) is 0 Å². The maximum atomic E-state index is 8.61. The van der Waals surface area contributed by atoms with Crippen LogP contribution in [0.2, 0.25) is 0 Å². The third-order valence-electron chi connectivity index (χ3n) is 1.80. The number of rotatable bonds is 5. The van der Waals surface area contributed by atoms with Crippen LogP contribution in [0.1, 0.15) is 12.1 Å². The number of aromatic nitrogens is 1. The molecule has 0 aromatic carbocycles. The second-order valence-electron chi connectivity index (χ2n) is 3.01. The summed E-state index contributed by atoms with van der Waals surface area (Å²) in [6.07, 6.45) is 2.77. The van der Waals surface area contributed by atoms with Crippen molar-refractivity contribution in [2.75, 3.05) is 20.2 Å². The van der Waals surface area contributed by atoms with Gasteiger partial charge >= 0.3 is 0 Å². The molecule has 0 unspecified atom stereocenters. The topological polar surface area (TPSA) is 39.3 Å². The molecule has 0 aliphatic carbocycles. The van der Waals surface area contributed by atoms with Crippen LogP contribution in [0.25, 0.3) is 0 Å². The number of hydrogen-bond donors (Lipinski definition) is 2. The molecule has 1 aromatic heterocycles. The quantitative estimate of drug-likeness (QED) is 0.683. The van der Waals surface area contributed by atoms with Crippen molar-refractivity contribution in [1.82, 2.24) is 9.88 Å². The fraction of sp³-hybridized carbons (Fsp3) is 0.556. The predicted molar refractivity (Wildman–Crippen MR) is 48.8 cm³/mol. The minimum Gasteiger partial charge on any atom is -0.396 e. The van der Waals surface area contributed by atoms with Gasteiger partial charge in [0.15, 0.2) is 0 Å². The lowest BCUT2D eigenvalue weighted by atomic mass is 10.3. The molecule has 3 heteroatoms. The maximum absolute atomic E-state index is 8.61. The van der Waals surface area contributed by atoms with Crippen LogP contribution < -0.4 is 0 Å². The highest BCUT2D eigenvalue weighted by atomic mass is 16.3. The van der Waals surface area contributed by atoms with E-state index >= 15 is 0 Å². The summed E-state index contributed by atoms with van der Waals surface area (Å²) in [6, 6.07) is 4.06. The van der Waals surface area contributed by atoms with Gasteiger partial charge in [-0.1, -0.05) is 0 Å². The van der Waals surface area contributed by atoms with Gasteiger partial charge in [-0.15, -0.1) is 0 Å². The van der Waals surface area contributed by atoms with Crippen molar-refractivity contribution in [3.8, 4) is 0 Å². The van der Waals surface area contributed by atoms with E-state index in [1.165, 1.54) is 5.69 Å². The number of H-pyrrole nitrogens is 1. The first-order chi connectivity index (χ1) is 5.83. The zero-order valence-electron chi connectivity index (χ0n) is 7.45. The molecule has 0 amide bonds. The standard InChI is InChI=1S/C9H16N2O/c1-11(6-3-7-12)8-9-4-2-5-10-9/h2,4-5,10,12H,3,6-8H2,1H3. The molecule has 0 aliphatic heterocycles. The van der Waals surface area contributed by atoms with Crippen LogP contribution >= 0.6 is 0 Å². The lowest BCUT2D eigenvalue weighted by molar-refractivity contribution is 0.243. The minimum atomic E-state index is 0.273. The molecule has 0 saturated carbocycles. The zero-order chi connectivity index (χ0) is 8.81. The fourth-order valence-corrected chi connectivity index (χ4v) is 1.18. The van der Waals surface area contributed by atoms with E-state index in [-0.39, 0.29) is 6.61 Å². The van der Waals surface area contributed by atoms with E-state index in [1.807, 2.05) is 12.3 Å². The van der Waals surface area contributed by atoms with Crippen molar-refractivity contribution in [2.45, 2.75) is 13.0 Å². The Labute approximate surface area is 73.0 Å². The third kappa shape index (κ3) is 3.07. The highest BCUT2D eigenvalue weighted by Gasteiger charge is 1.98. The van der Waals surface area contributed by atoms with Crippen LogP contribution in [-0.4, -0.2) is 35.2 Å². The van der Waals surface area contributed by atoms with Crippen LogP contribution in [0.15, 0.2) is 18.3 Å². The molecule has 2 N–H and O–H groups in total. The van der Waals surface area contributed by atoms with Gasteiger partial charge in [-0.25, -0.2) is 0 Å². The van der Waals surface area contributed by atoms with Gasteiger partial charge in [0.05, 0.1) is 0 Å². The molecule has 0 atom stereocenters. The van der Waals surface area contributed by atoms with Crippen molar-refractivity contribution in [2.24, 2.45) is 0 Å².